The number of nitrogens with zero attached hydrogens (tertiary/aromatic N) is 1. The number of aryl methyl sites for hydroxylation is 1. The Balaban J connectivity index is 1.88. The van der Waals surface area contributed by atoms with Crippen molar-refractivity contribution in [3.05, 3.63) is 92.3 Å². The summed E-state index contributed by atoms with van der Waals surface area (Å²) in [7, 11) is 0. The second-order valence-electron chi connectivity index (χ2n) is 8.70. The molecule has 6 heteroatoms. The summed E-state index contributed by atoms with van der Waals surface area (Å²) in [6, 6.07) is 14.6. The Bertz CT molecular complexity index is 1380. The summed E-state index contributed by atoms with van der Waals surface area (Å²) in [4.78, 5) is 30.1. The van der Waals surface area contributed by atoms with Crippen molar-refractivity contribution in [2.45, 2.75) is 33.1 Å². The number of rotatable bonds is 3. The first-order valence-electron chi connectivity index (χ1n) is 10.1. The molecule has 0 saturated heterocycles. The minimum atomic E-state index is -0.690. The molecule has 0 N–H and O–H groups in total. The Morgan fingerprint density at radius 2 is 1.75 bits per heavy atom. The van der Waals surface area contributed by atoms with E-state index in [0.717, 1.165) is 11.1 Å². The number of aromatic nitrogens is 1. The van der Waals surface area contributed by atoms with E-state index in [4.69, 9.17) is 9.15 Å². The highest BCUT2D eigenvalue weighted by Gasteiger charge is 2.22. The Hall–Kier alpha value is -3.25. The number of hydrogen-bond donors (Lipinski definition) is 0. The van der Waals surface area contributed by atoms with Crippen LogP contribution < -0.4 is 10.2 Å². The van der Waals surface area contributed by atoms with Gasteiger partial charge < -0.3 is 9.15 Å². The van der Waals surface area contributed by atoms with Crippen LogP contribution in [-0.4, -0.2) is 11.0 Å². The van der Waals surface area contributed by atoms with Gasteiger partial charge in [0.1, 0.15) is 5.58 Å². The highest BCUT2D eigenvalue weighted by molar-refractivity contribution is 9.10. The van der Waals surface area contributed by atoms with Gasteiger partial charge in [-0.15, -0.1) is 0 Å². The Kier molecular flexibility index (Phi) is 5.73. The minimum absolute atomic E-state index is 0.0249. The number of halogens is 1. The lowest BCUT2D eigenvalue weighted by atomic mass is 9.86. The van der Waals surface area contributed by atoms with Crippen LogP contribution in [0.25, 0.3) is 22.3 Å². The molecule has 32 heavy (non-hydrogen) atoms. The van der Waals surface area contributed by atoms with E-state index in [1.54, 1.807) is 24.4 Å². The second-order valence-corrected chi connectivity index (χ2v) is 9.61. The molecule has 2 aromatic heterocycles. The van der Waals surface area contributed by atoms with Gasteiger partial charge in [0.25, 0.3) is 0 Å². The van der Waals surface area contributed by atoms with Crippen LogP contribution in [0.4, 0.5) is 0 Å². The molecule has 4 rings (SSSR count). The van der Waals surface area contributed by atoms with E-state index in [1.165, 1.54) is 6.20 Å². The molecule has 2 aromatic carbocycles. The lowest BCUT2D eigenvalue weighted by Crippen LogP contribution is -2.16. The number of ether oxygens (including phenoxy) is 1. The average molecular weight is 492 g/mol. The van der Waals surface area contributed by atoms with Gasteiger partial charge in [0, 0.05) is 22.4 Å². The van der Waals surface area contributed by atoms with Crippen molar-refractivity contribution in [1.82, 2.24) is 4.98 Å². The van der Waals surface area contributed by atoms with Crippen LogP contribution >= 0.6 is 15.9 Å². The first kappa shape index (κ1) is 22.0. The van der Waals surface area contributed by atoms with E-state index in [1.807, 2.05) is 37.3 Å². The van der Waals surface area contributed by atoms with Crippen molar-refractivity contribution < 1.29 is 13.9 Å². The van der Waals surface area contributed by atoms with Crippen LogP contribution in [0.15, 0.2) is 74.6 Å². The summed E-state index contributed by atoms with van der Waals surface area (Å²) in [5, 5.41) is 0.348. The SMILES string of the molecule is Cc1ccc2c(=O)c(OC(=O)c3cncc(Br)c3)c(-c3ccc(C(C)(C)C)cc3)oc2c1. The van der Waals surface area contributed by atoms with Crippen LogP contribution in [0.1, 0.15) is 42.3 Å². The smallest absolute Gasteiger partial charge is 0.345 e. The minimum Gasteiger partial charge on any atom is -0.452 e. The zero-order chi connectivity index (χ0) is 23.0. The van der Waals surface area contributed by atoms with Gasteiger partial charge in [0.15, 0.2) is 5.76 Å². The number of benzene rings is 2. The molecule has 162 valence electrons. The zero-order valence-electron chi connectivity index (χ0n) is 18.2. The van der Waals surface area contributed by atoms with Gasteiger partial charge in [-0.25, -0.2) is 4.79 Å². The number of hydrogen-bond acceptors (Lipinski definition) is 5. The summed E-state index contributed by atoms with van der Waals surface area (Å²) in [5.74, 6) is -0.621. The summed E-state index contributed by atoms with van der Waals surface area (Å²) in [5.41, 5.74) is 2.97. The van der Waals surface area contributed by atoms with Crippen LogP contribution in [0, 0.1) is 6.92 Å². The molecule has 0 atom stereocenters. The molecule has 2 heterocycles. The fourth-order valence-corrected chi connectivity index (χ4v) is 3.73. The maximum absolute atomic E-state index is 13.3. The van der Waals surface area contributed by atoms with Gasteiger partial charge >= 0.3 is 5.97 Å². The molecular formula is C26H22BrNO4. The summed E-state index contributed by atoms with van der Waals surface area (Å²) in [6.45, 7) is 8.30. The number of carbonyl (C=O) groups is 1. The monoisotopic (exact) mass is 491 g/mol. The van der Waals surface area contributed by atoms with Crippen molar-refractivity contribution in [2.24, 2.45) is 0 Å². The quantitative estimate of drug-likeness (QED) is 0.308. The normalized spacial score (nSPS) is 11.5. The highest BCUT2D eigenvalue weighted by Crippen LogP contribution is 2.33. The lowest BCUT2D eigenvalue weighted by molar-refractivity contribution is 0.0731. The fourth-order valence-electron chi connectivity index (χ4n) is 3.36. The van der Waals surface area contributed by atoms with Crippen molar-refractivity contribution in [1.29, 1.82) is 0 Å². The molecule has 0 fully saturated rings. The Labute approximate surface area is 194 Å². The molecule has 0 unspecified atom stereocenters. The molecule has 0 aliphatic carbocycles. The summed E-state index contributed by atoms with van der Waals surface area (Å²) in [6.07, 6.45) is 2.95. The van der Waals surface area contributed by atoms with Gasteiger partial charge in [-0.3, -0.25) is 9.78 Å². The molecule has 0 radical (unpaired) electrons. The first-order valence-corrected chi connectivity index (χ1v) is 10.9. The van der Waals surface area contributed by atoms with Gasteiger partial charge in [-0.05, 0) is 57.6 Å². The second kappa shape index (κ2) is 8.36. The molecule has 4 aromatic rings. The predicted octanol–water partition coefficient (Wildman–Crippen LogP) is 6.44. The zero-order valence-corrected chi connectivity index (χ0v) is 19.8. The fraction of sp³-hybridized carbons (Fsp3) is 0.192. The standard InChI is InChI=1S/C26H22BrNO4/c1-15-5-10-20-21(11-15)31-23(16-6-8-18(9-7-16)26(2,3)4)24(22(20)29)32-25(30)17-12-19(27)14-28-13-17/h5-14H,1-4H3. The van der Waals surface area contributed by atoms with Crippen molar-refractivity contribution >= 4 is 32.9 Å². The highest BCUT2D eigenvalue weighted by atomic mass is 79.9. The molecule has 0 amide bonds. The van der Waals surface area contributed by atoms with E-state index < -0.39 is 11.4 Å². The third-order valence-electron chi connectivity index (χ3n) is 5.15. The third kappa shape index (κ3) is 4.36. The maximum Gasteiger partial charge on any atom is 0.345 e. The number of esters is 1. The first-order chi connectivity index (χ1) is 15.1. The third-order valence-corrected chi connectivity index (χ3v) is 5.59. The maximum atomic E-state index is 13.3. The predicted molar refractivity (Wildman–Crippen MR) is 128 cm³/mol. The van der Waals surface area contributed by atoms with E-state index in [-0.39, 0.29) is 22.5 Å². The number of pyridine rings is 1. The summed E-state index contributed by atoms with van der Waals surface area (Å²) >= 11 is 3.29. The van der Waals surface area contributed by atoms with Crippen LogP contribution in [-0.2, 0) is 5.41 Å². The molecule has 0 spiro atoms. The molecular weight excluding hydrogens is 470 g/mol. The van der Waals surface area contributed by atoms with Gasteiger partial charge in [0.2, 0.25) is 11.2 Å². The molecule has 0 aliphatic heterocycles. The lowest BCUT2D eigenvalue weighted by Gasteiger charge is -2.19. The Morgan fingerprint density at radius 1 is 1.03 bits per heavy atom. The number of fused-ring (bicyclic) bond motifs is 1. The Morgan fingerprint density at radius 3 is 2.41 bits per heavy atom. The average Bonchev–Trinajstić information content (AvgIpc) is 2.74. The topological polar surface area (TPSA) is 69.4 Å². The van der Waals surface area contributed by atoms with E-state index in [9.17, 15) is 9.59 Å². The molecule has 0 aliphatic rings. The van der Waals surface area contributed by atoms with Crippen LogP contribution in [0.3, 0.4) is 0 Å². The molecule has 5 nitrogen and oxygen atoms in total. The van der Waals surface area contributed by atoms with Gasteiger partial charge in [-0.1, -0.05) is 51.1 Å². The van der Waals surface area contributed by atoms with E-state index in [2.05, 4.69) is 41.7 Å². The molecule has 0 saturated carbocycles. The van der Waals surface area contributed by atoms with Crippen molar-refractivity contribution in [3.8, 4) is 17.1 Å². The number of carbonyl (C=O) groups excluding carboxylic acids is 1. The van der Waals surface area contributed by atoms with E-state index in [0.29, 0.717) is 21.0 Å². The van der Waals surface area contributed by atoms with E-state index >= 15 is 0 Å². The van der Waals surface area contributed by atoms with Crippen LogP contribution in [0.5, 0.6) is 5.75 Å². The van der Waals surface area contributed by atoms with Gasteiger partial charge in [-0.2, -0.15) is 0 Å². The largest absolute Gasteiger partial charge is 0.452 e. The molecule has 0 bridgehead atoms. The van der Waals surface area contributed by atoms with Crippen molar-refractivity contribution in [2.75, 3.05) is 0 Å². The summed E-state index contributed by atoms with van der Waals surface area (Å²) < 4.78 is 12.4. The van der Waals surface area contributed by atoms with Crippen LogP contribution in [0.2, 0.25) is 0 Å². The van der Waals surface area contributed by atoms with Gasteiger partial charge in [0.05, 0.1) is 10.9 Å². The van der Waals surface area contributed by atoms with Crippen molar-refractivity contribution in [3.63, 3.8) is 0 Å².